The van der Waals surface area contributed by atoms with Gasteiger partial charge in [-0.25, -0.2) is 13.6 Å². The minimum absolute atomic E-state index is 0.0289. The Morgan fingerprint density at radius 1 is 1.22 bits per heavy atom. The Bertz CT molecular complexity index is 634. The number of hydrogen-bond donors (Lipinski definition) is 3. The van der Waals surface area contributed by atoms with E-state index in [1.54, 1.807) is 0 Å². The van der Waals surface area contributed by atoms with Crippen molar-refractivity contribution in [2.45, 2.75) is 11.4 Å². The van der Waals surface area contributed by atoms with Crippen molar-refractivity contribution < 1.29 is 12.8 Å². The number of benzene rings is 1. The molecule has 0 radical (unpaired) electrons. The first-order valence-corrected chi connectivity index (χ1v) is 6.46. The van der Waals surface area contributed by atoms with Crippen LogP contribution in [0.25, 0.3) is 0 Å². The van der Waals surface area contributed by atoms with Crippen LogP contribution in [0.4, 0.5) is 11.7 Å². The highest BCUT2D eigenvalue weighted by molar-refractivity contribution is 7.89. The Balaban J connectivity index is 2.15. The molecule has 9 heteroatoms. The summed E-state index contributed by atoms with van der Waals surface area (Å²) in [6.07, 6.45) is 0. The number of nitrogens with zero attached hydrogens (tertiary/aromatic N) is 2. The van der Waals surface area contributed by atoms with Gasteiger partial charge in [0, 0.05) is 5.69 Å². The summed E-state index contributed by atoms with van der Waals surface area (Å²) in [6, 6.07) is 5.99. The van der Waals surface area contributed by atoms with Crippen molar-refractivity contribution in [1.82, 2.24) is 10.2 Å². The van der Waals surface area contributed by atoms with Gasteiger partial charge in [0.05, 0.1) is 11.4 Å². The number of hydrogen-bond acceptors (Lipinski definition) is 7. The lowest BCUT2D eigenvalue weighted by molar-refractivity contribution is 0.511. The number of primary sulfonamides is 1. The fourth-order valence-corrected chi connectivity index (χ4v) is 1.75. The largest absolute Gasteiger partial charge is 0.406 e. The number of anilines is 2. The third-order valence-electron chi connectivity index (χ3n) is 2.08. The maximum absolute atomic E-state index is 11.0. The average Bonchev–Trinajstić information content (AvgIpc) is 2.76. The molecule has 0 unspecified atom stereocenters. The highest BCUT2D eigenvalue weighted by atomic mass is 32.2. The van der Waals surface area contributed by atoms with Crippen molar-refractivity contribution in [2.24, 2.45) is 10.9 Å². The van der Waals surface area contributed by atoms with E-state index in [1.807, 2.05) is 0 Å². The molecule has 0 aliphatic carbocycles. The van der Waals surface area contributed by atoms with Crippen LogP contribution >= 0.6 is 0 Å². The van der Waals surface area contributed by atoms with Gasteiger partial charge in [-0.15, -0.1) is 5.10 Å². The molecule has 18 heavy (non-hydrogen) atoms. The minimum atomic E-state index is -3.69. The van der Waals surface area contributed by atoms with Gasteiger partial charge in [-0.2, -0.15) is 0 Å². The zero-order chi connectivity index (χ0) is 13.2. The summed E-state index contributed by atoms with van der Waals surface area (Å²) >= 11 is 0. The first-order valence-electron chi connectivity index (χ1n) is 4.91. The molecule has 2 rings (SSSR count). The average molecular weight is 269 g/mol. The van der Waals surface area contributed by atoms with E-state index in [0.717, 1.165) is 0 Å². The molecule has 1 aromatic carbocycles. The Morgan fingerprint density at radius 3 is 2.39 bits per heavy atom. The molecule has 0 saturated carbocycles. The van der Waals surface area contributed by atoms with Crippen LogP contribution in [0.1, 0.15) is 5.89 Å². The molecule has 1 aromatic heterocycles. The van der Waals surface area contributed by atoms with Crippen molar-refractivity contribution >= 4 is 21.7 Å². The number of sulfonamides is 1. The van der Waals surface area contributed by atoms with Gasteiger partial charge >= 0.3 is 6.01 Å². The van der Waals surface area contributed by atoms with Crippen LogP contribution in [0.3, 0.4) is 0 Å². The van der Waals surface area contributed by atoms with Crippen molar-refractivity contribution in [2.75, 3.05) is 5.32 Å². The molecule has 1 heterocycles. The Hall–Kier alpha value is -1.97. The third-order valence-corrected chi connectivity index (χ3v) is 3.00. The molecular weight excluding hydrogens is 258 g/mol. The second-order valence-electron chi connectivity index (χ2n) is 3.40. The summed E-state index contributed by atoms with van der Waals surface area (Å²) in [4.78, 5) is 0.0289. The second kappa shape index (κ2) is 4.72. The van der Waals surface area contributed by atoms with Crippen LogP contribution in [0.2, 0.25) is 0 Å². The lowest BCUT2D eigenvalue weighted by Gasteiger charge is -2.02. The van der Waals surface area contributed by atoms with Crippen molar-refractivity contribution in [3.63, 3.8) is 0 Å². The van der Waals surface area contributed by atoms with Gasteiger partial charge in [-0.3, -0.25) is 0 Å². The van der Waals surface area contributed by atoms with Gasteiger partial charge in [0.1, 0.15) is 0 Å². The van der Waals surface area contributed by atoms with Crippen LogP contribution < -0.4 is 16.2 Å². The Morgan fingerprint density at radius 2 is 1.89 bits per heavy atom. The van der Waals surface area contributed by atoms with Gasteiger partial charge in [-0.05, 0) is 24.3 Å². The number of nitrogens with one attached hydrogen (secondary N) is 1. The summed E-state index contributed by atoms with van der Waals surface area (Å²) in [6.45, 7) is 0.152. The SMILES string of the molecule is NCc1nnc(Nc2ccc(S(N)(=O)=O)cc2)o1. The van der Waals surface area contributed by atoms with Gasteiger partial charge in [0.2, 0.25) is 15.9 Å². The van der Waals surface area contributed by atoms with Crippen molar-refractivity contribution in [3.05, 3.63) is 30.2 Å². The molecule has 0 fully saturated rings. The molecule has 0 aliphatic heterocycles. The standard InChI is InChI=1S/C9H11N5O3S/c10-5-8-13-14-9(17-8)12-6-1-3-7(4-2-6)18(11,15)16/h1-4H,5,10H2,(H,12,14)(H2,11,15,16). The van der Waals surface area contributed by atoms with Gasteiger partial charge in [-0.1, -0.05) is 5.10 Å². The van der Waals surface area contributed by atoms with E-state index in [2.05, 4.69) is 15.5 Å². The lowest BCUT2D eigenvalue weighted by atomic mass is 10.3. The van der Waals surface area contributed by atoms with E-state index in [1.165, 1.54) is 24.3 Å². The summed E-state index contributed by atoms with van der Waals surface area (Å²) < 4.78 is 27.2. The maximum atomic E-state index is 11.0. The van der Waals surface area contributed by atoms with Gasteiger partial charge in [0.15, 0.2) is 0 Å². The molecule has 2 aromatic rings. The van der Waals surface area contributed by atoms with E-state index in [-0.39, 0.29) is 17.5 Å². The van der Waals surface area contributed by atoms with E-state index in [0.29, 0.717) is 11.6 Å². The molecule has 5 N–H and O–H groups in total. The number of nitrogens with two attached hydrogens (primary N) is 2. The predicted molar refractivity (Wildman–Crippen MR) is 63.3 cm³/mol. The molecule has 0 aliphatic rings. The summed E-state index contributed by atoms with van der Waals surface area (Å²) in [5.41, 5.74) is 5.91. The fourth-order valence-electron chi connectivity index (χ4n) is 1.24. The molecule has 0 spiro atoms. The lowest BCUT2D eigenvalue weighted by Crippen LogP contribution is -2.11. The fraction of sp³-hybridized carbons (Fsp3) is 0.111. The minimum Gasteiger partial charge on any atom is -0.406 e. The number of aromatic nitrogens is 2. The third kappa shape index (κ3) is 2.83. The van der Waals surface area contributed by atoms with Crippen LogP contribution in [0.15, 0.2) is 33.6 Å². The maximum Gasteiger partial charge on any atom is 0.320 e. The van der Waals surface area contributed by atoms with Crippen LogP contribution in [0.5, 0.6) is 0 Å². The van der Waals surface area contributed by atoms with Crippen LogP contribution in [-0.2, 0) is 16.6 Å². The molecule has 0 atom stereocenters. The highest BCUT2D eigenvalue weighted by Crippen LogP contribution is 2.17. The van der Waals surface area contributed by atoms with E-state index in [9.17, 15) is 8.42 Å². The molecule has 96 valence electrons. The van der Waals surface area contributed by atoms with E-state index < -0.39 is 10.0 Å². The van der Waals surface area contributed by atoms with Gasteiger partial charge < -0.3 is 15.5 Å². The van der Waals surface area contributed by atoms with Crippen molar-refractivity contribution in [1.29, 1.82) is 0 Å². The predicted octanol–water partition coefficient (Wildman–Crippen LogP) is -0.0807. The monoisotopic (exact) mass is 269 g/mol. The topological polar surface area (TPSA) is 137 Å². The highest BCUT2D eigenvalue weighted by Gasteiger charge is 2.08. The smallest absolute Gasteiger partial charge is 0.320 e. The molecule has 0 bridgehead atoms. The summed E-state index contributed by atoms with van der Waals surface area (Å²) in [5.74, 6) is 0.304. The molecular formula is C9H11N5O3S. The van der Waals surface area contributed by atoms with E-state index >= 15 is 0 Å². The molecule has 0 saturated heterocycles. The quantitative estimate of drug-likeness (QED) is 0.705. The van der Waals surface area contributed by atoms with Crippen molar-refractivity contribution in [3.8, 4) is 0 Å². The Labute approximate surface area is 103 Å². The van der Waals surface area contributed by atoms with Crippen LogP contribution in [0, 0.1) is 0 Å². The molecule has 8 nitrogen and oxygen atoms in total. The van der Waals surface area contributed by atoms with E-state index in [4.69, 9.17) is 15.3 Å². The van der Waals surface area contributed by atoms with Gasteiger partial charge in [0.25, 0.3) is 0 Å². The summed E-state index contributed by atoms with van der Waals surface area (Å²) in [5, 5.41) is 15.2. The zero-order valence-electron chi connectivity index (χ0n) is 9.20. The number of rotatable bonds is 4. The second-order valence-corrected chi connectivity index (χ2v) is 4.96. The van der Waals surface area contributed by atoms with Crippen LogP contribution in [-0.4, -0.2) is 18.6 Å². The molecule has 0 amide bonds. The first-order chi connectivity index (χ1) is 8.49. The first kappa shape index (κ1) is 12.5. The normalized spacial score (nSPS) is 11.4. The summed E-state index contributed by atoms with van der Waals surface area (Å²) in [7, 11) is -3.69. The Kier molecular flexibility index (Phi) is 3.28. The zero-order valence-corrected chi connectivity index (χ0v) is 10.0.